The Labute approximate surface area is 131 Å². The molecule has 0 aliphatic carbocycles. The molecule has 1 aromatic carbocycles. The van der Waals surface area contributed by atoms with Crippen LogP contribution < -0.4 is 5.32 Å². The third-order valence-electron chi connectivity index (χ3n) is 3.00. The summed E-state index contributed by atoms with van der Waals surface area (Å²) < 4.78 is 14.5. The van der Waals surface area contributed by atoms with Crippen LogP contribution in [0, 0.1) is 5.82 Å². The van der Waals surface area contributed by atoms with Crippen molar-refractivity contribution in [2.24, 2.45) is 0 Å². The molecule has 0 saturated carbocycles. The van der Waals surface area contributed by atoms with Gasteiger partial charge in [-0.3, -0.25) is 4.98 Å². The van der Waals surface area contributed by atoms with E-state index >= 15 is 0 Å². The number of hydrogen-bond acceptors (Lipinski definition) is 2. The zero-order chi connectivity index (χ0) is 14.5. The highest BCUT2D eigenvalue weighted by atomic mass is 79.9. The summed E-state index contributed by atoms with van der Waals surface area (Å²) in [4.78, 5) is 4.36. The molecular formula is C15H15BrClFN2. The van der Waals surface area contributed by atoms with E-state index in [1.807, 2.05) is 25.1 Å². The molecule has 1 N–H and O–H groups in total. The van der Waals surface area contributed by atoms with Crippen molar-refractivity contribution in [3.05, 3.63) is 63.1 Å². The average molecular weight is 358 g/mol. The molecule has 2 rings (SSSR count). The zero-order valence-electron chi connectivity index (χ0n) is 11.0. The molecular weight excluding hydrogens is 343 g/mol. The fourth-order valence-electron chi connectivity index (χ4n) is 2.02. The smallest absolute Gasteiger partial charge is 0.142 e. The Balaban J connectivity index is 2.21. The first-order valence-electron chi connectivity index (χ1n) is 6.39. The molecule has 0 spiro atoms. The molecule has 1 atom stereocenters. The first-order valence-corrected chi connectivity index (χ1v) is 7.56. The highest BCUT2D eigenvalue weighted by Gasteiger charge is 2.13. The Morgan fingerprint density at radius 1 is 1.35 bits per heavy atom. The summed E-state index contributed by atoms with van der Waals surface area (Å²) in [5.41, 5.74) is 1.83. The summed E-state index contributed by atoms with van der Waals surface area (Å²) >= 11 is 9.09. The molecule has 106 valence electrons. The van der Waals surface area contributed by atoms with Crippen LogP contribution in [-0.4, -0.2) is 11.5 Å². The van der Waals surface area contributed by atoms with Crippen molar-refractivity contribution in [1.29, 1.82) is 0 Å². The van der Waals surface area contributed by atoms with Gasteiger partial charge >= 0.3 is 0 Å². The topological polar surface area (TPSA) is 24.9 Å². The number of likely N-dealkylation sites (N-methyl/N-ethyl adjacent to an activating group) is 1. The molecule has 0 bridgehead atoms. The van der Waals surface area contributed by atoms with Gasteiger partial charge in [-0.2, -0.15) is 0 Å². The Morgan fingerprint density at radius 3 is 2.75 bits per heavy atom. The van der Waals surface area contributed by atoms with Crippen molar-refractivity contribution in [1.82, 2.24) is 10.3 Å². The second-order valence-electron chi connectivity index (χ2n) is 4.46. The molecule has 2 aromatic rings. The molecule has 1 heterocycles. The van der Waals surface area contributed by atoms with Gasteiger partial charge in [-0.25, -0.2) is 4.39 Å². The van der Waals surface area contributed by atoms with Crippen molar-refractivity contribution in [3.8, 4) is 0 Å². The van der Waals surface area contributed by atoms with E-state index in [0.717, 1.165) is 22.3 Å². The molecule has 0 aliphatic rings. The average Bonchev–Trinajstić information content (AvgIpc) is 2.44. The molecule has 0 aliphatic heterocycles. The third kappa shape index (κ3) is 4.01. The lowest BCUT2D eigenvalue weighted by atomic mass is 10.0. The molecule has 0 saturated heterocycles. The SMILES string of the molecule is CCNC(Cc1ccc(Br)cn1)c1ccc(Cl)c(F)c1. The summed E-state index contributed by atoms with van der Waals surface area (Å²) in [6.07, 6.45) is 2.46. The van der Waals surface area contributed by atoms with Crippen molar-refractivity contribution >= 4 is 27.5 Å². The molecule has 5 heteroatoms. The molecule has 1 unspecified atom stereocenters. The maximum absolute atomic E-state index is 13.6. The summed E-state index contributed by atoms with van der Waals surface area (Å²) in [6, 6.07) is 8.84. The first-order chi connectivity index (χ1) is 9.60. The van der Waals surface area contributed by atoms with Gasteiger partial charge < -0.3 is 5.32 Å². The summed E-state index contributed by atoms with van der Waals surface area (Å²) in [6.45, 7) is 2.82. The van der Waals surface area contributed by atoms with Crippen LogP contribution in [0.15, 0.2) is 41.0 Å². The minimum absolute atomic E-state index is 0.0143. The van der Waals surface area contributed by atoms with Crippen LogP contribution in [0.3, 0.4) is 0 Å². The van der Waals surface area contributed by atoms with Gasteiger partial charge in [0.25, 0.3) is 0 Å². The number of nitrogens with zero attached hydrogens (tertiary/aromatic N) is 1. The van der Waals surface area contributed by atoms with Crippen molar-refractivity contribution in [3.63, 3.8) is 0 Å². The Morgan fingerprint density at radius 2 is 2.15 bits per heavy atom. The fourth-order valence-corrected chi connectivity index (χ4v) is 2.37. The van der Waals surface area contributed by atoms with Gasteiger partial charge in [-0.05, 0) is 52.3 Å². The normalized spacial score (nSPS) is 12.4. The minimum Gasteiger partial charge on any atom is -0.310 e. The summed E-state index contributed by atoms with van der Waals surface area (Å²) in [5.74, 6) is -0.393. The molecule has 0 amide bonds. The molecule has 1 aromatic heterocycles. The van der Waals surface area contributed by atoms with Crippen LogP contribution in [0.4, 0.5) is 4.39 Å². The van der Waals surface area contributed by atoms with E-state index in [2.05, 4.69) is 26.2 Å². The minimum atomic E-state index is -0.393. The highest BCUT2D eigenvalue weighted by Crippen LogP contribution is 2.23. The zero-order valence-corrected chi connectivity index (χ0v) is 13.4. The lowest BCUT2D eigenvalue weighted by Gasteiger charge is -2.18. The van der Waals surface area contributed by atoms with Crippen molar-refractivity contribution in [2.45, 2.75) is 19.4 Å². The van der Waals surface area contributed by atoms with Crippen molar-refractivity contribution < 1.29 is 4.39 Å². The van der Waals surface area contributed by atoms with E-state index in [1.54, 1.807) is 12.3 Å². The van der Waals surface area contributed by atoms with E-state index in [9.17, 15) is 4.39 Å². The quantitative estimate of drug-likeness (QED) is 0.850. The van der Waals surface area contributed by atoms with Gasteiger partial charge in [0.2, 0.25) is 0 Å². The standard InChI is InChI=1S/C15H15BrClFN2/c1-2-19-15(8-12-5-4-11(16)9-20-12)10-3-6-13(17)14(18)7-10/h3-7,9,15,19H,2,8H2,1H3. The number of halogens is 3. The van der Waals surface area contributed by atoms with Gasteiger partial charge in [0.1, 0.15) is 5.82 Å². The number of rotatable bonds is 5. The van der Waals surface area contributed by atoms with Gasteiger partial charge in [0.05, 0.1) is 5.02 Å². The van der Waals surface area contributed by atoms with Gasteiger partial charge in [-0.15, -0.1) is 0 Å². The van der Waals surface area contributed by atoms with Crippen LogP contribution in [0.1, 0.15) is 24.2 Å². The van der Waals surface area contributed by atoms with Crippen LogP contribution in [0.5, 0.6) is 0 Å². The van der Waals surface area contributed by atoms with Crippen molar-refractivity contribution in [2.75, 3.05) is 6.54 Å². The summed E-state index contributed by atoms with van der Waals surface area (Å²) in [7, 11) is 0. The van der Waals surface area contributed by atoms with E-state index in [-0.39, 0.29) is 11.1 Å². The van der Waals surface area contributed by atoms with E-state index in [4.69, 9.17) is 11.6 Å². The largest absolute Gasteiger partial charge is 0.310 e. The predicted molar refractivity (Wildman–Crippen MR) is 83.5 cm³/mol. The maximum atomic E-state index is 13.6. The third-order valence-corrected chi connectivity index (χ3v) is 3.77. The van der Waals surface area contributed by atoms with E-state index in [0.29, 0.717) is 6.42 Å². The molecule has 20 heavy (non-hydrogen) atoms. The Bertz CT molecular complexity index is 575. The Kier molecular flexibility index (Phi) is 5.52. The molecule has 2 nitrogen and oxygen atoms in total. The van der Waals surface area contributed by atoms with Crippen LogP contribution in [0.25, 0.3) is 0 Å². The highest BCUT2D eigenvalue weighted by molar-refractivity contribution is 9.10. The summed E-state index contributed by atoms with van der Waals surface area (Å²) in [5, 5.41) is 3.49. The number of pyridine rings is 1. The number of nitrogens with one attached hydrogen (secondary N) is 1. The van der Waals surface area contributed by atoms with Crippen LogP contribution in [-0.2, 0) is 6.42 Å². The second kappa shape index (κ2) is 7.16. The Hall–Kier alpha value is -0.970. The van der Waals surface area contributed by atoms with E-state index in [1.165, 1.54) is 6.07 Å². The number of benzene rings is 1. The maximum Gasteiger partial charge on any atom is 0.142 e. The fraction of sp³-hybridized carbons (Fsp3) is 0.267. The first kappa shape index (κ1) is 15.4. The van der Waals surface area contributed by atoms with Gasteiger partial charge in [-0.1, -0.05) is 24.6 Å². The number of aromatic nitrogens is 1. The lowest BCUT2D eigenvalue weighted by Crippen LogP contribution is -2.23. The molecule has 0 radical (unpaired) electrons. The van der Waals surface area contributed by atoms with E-state index < -0.39 is 5.82 Å². The second-order valence-corrected chi connectivity index (χ2v) is 5.78. The van der Waals surface area contributed by atoms with Crippen LogP contribution >= 0.6 is 27.5 Å². The predicted octanol–water partition coefficient (Wildman–Crippen LogP) is 4.53. The molecule has 0 fully saturated rings. The monoisotopic (exact) mass is 356 g/mol. The lowest BCUT2D eigenvalue weighted by molar-refractivity contribution is 0.537. The van der Waals surface area contributed by atoms with Gasteiger partial charge in [0.15, 0.2) is 0 Å². The van der Waals surface area contributed by atoms with Gasteiger partial charge in [0, 0.05) is 28.8 Å². The number of hydrogen-bond donors (Lipinski definition) is 1. The van der Waals surface area contributed by atoms with Crippen LogP contribution in [0.2, 0.25) is 5.02 Å².